The first-order chi connectivity index (χ1) is 18.0. The summed E-state index contributed by atoms with van der Waals surface area (Å²) in [5, 5.41) is 12.6. The van der Waals surface area contributed by atoms with Gasteiger partial charge in [0.25, 0.3) is 11.5 Å². The third-order valence-electron chi connectivity index (χ3n) is 6.28. The Morgan fingerprint density at radius 2 is 1.76 bits per heavy atom. The molecular formula is C31H30N4O3. The van der Waals surface area contributed by atoms with Crippen LogP contribution in [0, 0.1) is 32.1 Å². The third-order valence-corrected chi connectivity index (χ3v) is 6.28. The lowest BCUT2D eigenvalue weighted by Crippen LogP contribution is -2.21. The molecule has 0 spiro atoms. The summed E-state index contributed by atoms with van der Waals surface area (Å²) in [5.74, 6) is -0.133. The molecule has 0 aliphatic heterocycles. The number of rotatable bonds is 5. The van der Waals surface area contributed by atoms with E-state index in [1.54, 1.807) is 12.3 Å². The summed E-state index contributed by atoms with van der Waals surface area (Å²) < 4.78 is 7.47. The molecule has 0 bridgehead atoms. The number of nitrogens with zero attached hydrogens (tertiary/aromatic N) is 3. The van der Waals surface area contributed by atoms with E-state index in [1.807, 2.05) is 75.4 Å². The average molecular weight is 507 g/mol. The van der Waals surface area contributed by atoms with Gasteiger partial charge in [0.2, 0.25) is 5.88 Å². The lowest BCUT2D eigenvalue weighted by Gasteiger charge is -2.19. The lowest BCUT2D eigenvalue weighted by atomic mass is 9.87. The molecule has 0 saturated carbocycles. The second-order valence-electron chi connectivity index (χ2n) is 10.3. The van der Waals surface area contributed by atoms with Gasteiger partial charge in [0.15, 0.2) is 0 Å². The quantitative estimate of drug-likeness (QED) is 0.255. The van der Waals surface area contributed by atoms with Gasteiger partial charge in [0.1, 0.15) is 28.6 Å². The van der Waals surface area contributed by atoms with E-state index >= 15 is 0 Å². The maximum absolute atomic E-state index is 13.6. The number of nitriles is 1. The number of ether oxygens (including phenoxy) is 1. The molecule has 0 aliphatic carbocycles. The predicted molar refractivity (Wildman–Crippen MR) is 150 cm³/mol. The minimum Gasteiger partial charge on any atom is -0.438 e. The van der Waals surface area contributed by atoms with E-state index < -0.39 is 11.5 Å². The van der Waals surface area contributed by atoms with Gasteiger partial charge in [-0.3, -0.25) is 14.0 Å². The maximum Gasteiger partial charge on any atom is 0.269 e. The Balaban J connectivity index is 1.81. The van der Waals surface area contributed by atoms with Crippen molar-refractivity contribution in [3.8, 4) is 17.7 Å². The van der Waals surface area contributed by atoms with Crippen molar-refractivity contribution in [3.63, 3.8) is 0 Å². The number of pyridine rings is 1. The highest BCUT2D eigenvalue weighted by molar-refractivity contribution is 6.10. The molecular weight excluding hydrogens is 476 g/mol. The van der Waals surface area contributed by atoms with Crippen LogP contribution in [0.2, 0.25) is 0 Å². The number of aryl methyl sites for hydroxylation is 3. The topological polar surface area (TPSA) is 96.5 Å². The summed E-state index contributed by atoms with van der Waals surface area (Å²) in [4.78, 5) is 31.2. The molecule has 2 aromatic carbocycles. The van der Waals surface area contributed by atoms with E-state index in [0.29, 0.717) is 17.1 Å². The van der Waals surface area contributed by atoms with Gasteiger partial charge < -0.3 is 10.1 Å². The van der Waals surface area contributed by atoms with Crippen LogP contribution in [0.3, 0.4) is 0 Å². The van der Waals surface area contributed by atoms with Gasteiger partial charge in [-0.05, 0) is 78.8 Å². The Kier molecular flexibility index (Phi) is 7.18. The number of anilines is 1. The fourth-order valence-corrected chi connectivity index (χ4v) is 3.98. The average Bonchev–Trinajstić information content (AvgIpc) is 2.86. The van der Waals surface area contributed by atoms with Crippen molar-refractivity contribution >= 4 is 23.3 Å². The highest BCUT2D eigenvalue weighted by Gasteiger charge is 2.19. The van der Waals surface area contributed by atoms with E-state index in [1.165, 1.54) is 10.5 Å². The van der Waals surface area contributed by atoms with Gasteiger partial charge in [-0.15, -0.1) is 0 Å². The number of carbonyl (C=O) groups excluding carboxylic acids is 1. The van der Waals surface area contributed by atoms with E-state index in [4.69, 9.17) is 4.74 Å². The van der Waals surface area contributed by atoms with Crippen LogP contribution in [0.15, 0.2) is 71.2 Å². The Bertz CT molecular complexity index is 1670. The van der Waals surface area contributed by atoms with E-state index in [2.05, 4.69) is 31.1 Å². The fraction of sp³-hybridized carbons (Fsp3) is 0.226. The highest BCUT2D eigenvalue weighted by atomic mass is 16.5. The number of hydrogen-bond acceptors (Lipinski definition) is 5. The monoisotopic (exact) mass is 506 g/mol. The largest absolute Gasteiger partial charge is 0.438 e. The van der Waals surface area contributed by atoms with Crippen LogP contribution in [0.1, 0.15) is 48.6 Å². The van der Waals surface area contributed by atoms with Crippen LogP contribution in [0.25, 0.3) is 11.7 Å². The van der Waals surface area contributed by atoms with Gasteiger partial charge in [-0.1, -0.05) is 51.1 Å². The maximum atomic E-state index is 13.6. The molecule has 0 radical (unpaired) electrons. The molecule has 2 aromatic heterocycles. The summed E-state index contributed by atoms with van der Waals surface area (Å²) in [6.45, 7) is 12.0. The van der Waals surface area contributed by atoms with Crippen LogP contribution < -0.4 is 15.6 Å². The molecule has 4 rings (SSSR count). The highest BCUT2D eigenvalue weighted by Crippen LogP contribution is 2.28. The first-order valence-electron chi connectivity index (χ1n) is 12.3. The van der Waals surface area contributed by atoms with Crippen molar-refractivity contribution in [3.05, 3.63) is 105 Å². The predicted octanol–water partition coefficient (Wildman–Crippen LogP) is 6.26. The summed E-state index contributed by atoms with van der Waals surface area (Å²) in [6.07, 6.45) is 2.84. The molecule has 0 unspecified atom stereocenters. The van der Waals surface area contributed by atoms with Crippen LogP contribution in [0.5, 0.6) is 11.6 Å². The number of hydrogen-bond donors (Lipinski definition) is 1. The third kappa shape index (κ3) is 5.50. The van der Waals surface area contributed by atoms with Gasteiger partial charge in [0.05, 0.1) is 0 Å². The Hall–Kier alpha value is -4.70. The standard InChI is InChI=1S/C31H30N4O3/c1-19-9-10-20(2)26(16-19)33-28(36)22(18-32)17-25-29(34-27-21(3)8-7-15-35(27)30(25)37)38-24-13-11-23(12-14-24)31(4,5)6/h7-17H,1-6H3,(H,33,36)/b22-17-. The first-order valence-corrected chi connectivity index (χ1v) is 12.3. The molecule has 0 aliphatic rings. The van der Waals surface area contributed by atoms with E-state index in [0.717, 1.165) is 22.3 Å². The minimum absolute atomic E-state index is 0.000613. The van der Waals surface area contributed by atoms with Crippen LogP contribution >= 0.6 is 0 Å². The molecule has 1 amide bonds. The van der Waals surface area contributed by atoms with Crippen LogP contribution in [-0.4, -0.2) is 15.3 Å². The number of nitrogens with one attached hydrogen (secondary N) is 1. The van der Waals surface area contributed by atoms with Gasteiger partial charge in [-0.2, -0.15) is 10.2 Å². The molecule has 38 heavy (non-hydrogen) atoms. The zero-order valence-electron chi connectivity index (χ0n) is 22.4. The number of carbonyl (C=O) groups is 1. The SMILES string of the molecule is Cc1ccc(C)c(NC(=O)/C(C#N)=C\c2c(Oc3ccc(C(C)(C)C)cc3)nc3c(C)cccn3c2=O)c1. The van der Waals surface area contributed by atoms with Crippen molar-refractivity contribution in [2.45, 2.75) is 47.0 Å². The summed E-state index contributed by atoms with van der Waals surface area (Å²) in [5.41, 5.74) is 4.02. The molecule has 7 heteroatoms. The fourth-order valence-electron chi connectivity index (χ4n) is 3.98. The number of aromatic nitrogens is 2. The lowest BCUT2D eigenvalue weighted by molar-refractivity contribution is -0.112. The summed E-state index contributed by atoms with van der Waals surface area (Å²) >= 11 is 0. The number of benzene rings is 2. The van der Waals surface area contributed by atoms with Crippen molar-refractivity contribution in [1.29, 1.82) is 5.26 Å². The van der Waals surface area contributed by atoms with Crippen molar-refractivity contribution in [2.24, 2.45) is 0 Å². The van der Waals surface area contributed by atoms with Gasteiger partial charge >= 0.3 is 0 Å². The normalized spacial score (nSPS) is 11.8. The van der Waals surface area contributed by atoms with Gasteiger partial charge in [-0.25, -0.2) is 0 Å². The zero-order valence-corrected chi connectivity index (χ0v) is 22.4. The Morgan fingerprint density at radius 1 is 1.05 bits per heavy atom. The molecule has 1 N–H and O–H groups in total. The Labute approximate surface area is 222 Å². The number of fused-ring (bicyclic) bond motifs is 1. The molecule has 4 aromatic rings. The second-order valence-corrected chi connectivity index (χ2v) is 10.3. The zero-order chi connectivity index (χ0) is 27.6. The Morgan fingerprint density at radius 3 is 2.42 bits per heavy atom. The van der Waals surface area contributed by atoms with Gasteiger partial charge in [0, 0.05) is 11.9 Å². The first kappa shape index (κ1) is 26.4. The van der Waals surface area contributed by atoms with Crippen LogP contribution in [-0.2, 0) is 10.2 Å². The number of amides is 1. The molecule has 2 heterocycles. The molecule has 0 fully saturated rings. The van der Waals surface area contributed by atoms with Crippen LogP contribution in [0.4, 0.5) is 5.69 Å². The smallest absolute Gasteiger partial charge is 0.269 e. The molecule has 0 atom stereocenters. The summed E-state index contributed by atoms with van der Waals surface area (Å²) in [6, 6.07) is 18.7. The van der Waals surface area contributed by atoms with Crippen molar-refractivity contribution in [2.75, 3.05) is 5.32 Å². The summed E-state index contributed by atoms with van der Waals surface area (Å²) in [7, 11) is 0. The minimum atomic E-state index is -0.629. The second kappa shape index (κ2) is 10.3. The molecule has 0 saturated heterocycles. The molecule has 7 nitrogen and oxygen atoms in total. The van der Waals surface area contributed by atoms with Crippen molar-refractivity contribution < 1.29 is 9.53 Å². The molecule has 192 valence electrons. The van der Waals surface area contributed by atoms with E-state index in [9.17, 15) is 14.9 Å². The van der Waals surface area contributed by atoms with E-state index in [-0.39, 0.29) is 22.4 Å². The van der Waals surface area contributed by atoms with Crippen molar-refractivity contribution in [1.82, 2.24) is 9.38 Å².